The summed E-state index contributed by atoms with van der Waals surface area (Å²) in [6.45, 7) is 1.95. The molecular formula is C12H20N4. The van der Waals surface area contributed by atoms with Gasteiger partial charge in [-0.05, 0) is 31.6 Å². The Hall–Kier alpha value is -0.900. The standard InChI is InChI=1S/C12H20N4/c1-2-4-10(3-1)8-16-9-12(14-15-16)7-13-11-5-6-11/h9-11,13H,1-8H2. The maximum absolute atomic E-state index is 4.21. The minimum absolute atomic E-state index is 0.750. The van der Waals surface area contributed by atoms with Crippen LogP contribution in [0.1, 0.15) is 44.2 Å². The number of hydrogen-bond acceptors (Lipinski definition) is 3. The van der Waals surface area contributed by atoms with Crippen molar-refractivity contribution in [1.29, 1.82) is 0 Å². The first-order valence-corrected chi connectivity index (χ1v) is 6.52. The van der Waals surface area contributed by atoms with E-state index in [-0.39, 0.29) is 0 Å². The van der Waals surface area contributed by atoms with Gasteiger partial charge >= 0.3 is 0 Å². The SMILES string of the molecule is c1c(CNC2CC2)nnn1CC1CCCC1. The number of aromatic nitrogens is 3. The molecule has 2 fully saturated rings. The molecule has 4 heteroatoms. The molecular weight excluding hydrogens is 200 g/mol. The Morgan fingerprint density at radius 1 is 1.25 bits per heavy atom. The third kappa shape index (κ3) is 2.61. The summed E-state index contributed by atoms with van der Waals surface area (Å²) in [5, 5.41) is 11.9. The summed E-state index contributed by atoms with van der Waals surface area (Å²) in [7, 11) is 0. The predicted molar refractivity (Wildman–Crippen MR) is 61.8 cm³/mol. The fraction of sp³-hybridized carbons (Fsp3) is 0.833. The number of nitrogens with one attached hydrogen (secondary N) is 1. The van der Waals surface area contributed by atoms with E-state index in [0.29, 0.717) is 0 Å². The molecule has 2 saturated carbocycles. The van der Waals surface area contributed by atoms with Gasteiger partial charge < -0.3 is 5.32 Å². The summed E-state index contributed by atoms with van der Waals surface area (Å²) in [5.74, 6) is 0.839. The first-order valence-electron chi connectivity index (χ1n) is 6.52. The summed E-state index contributed by atoms with van der Waals surface area (Å²) in [6, 6.07) is 0.750. The first-order chi connectivity index (χ1) is 7.90. The van der Waals surface area contributed by atoms with Gasteiger partial charge in [0.15, 0.2) is 0 Å². The molecule has 0 aliphatic heterocycles. The van der Waals surface area contributed by atoms with E-state index in [1.807, 2.05) is 4.68 Å². The van der Waals surface area contributed by atoms with E-state index in [2.05, 4.69) is 21.8 Å². The van der Waals surface area contributed by atoms with Crippen LogP contribution in [0.25, 0.3) is 0 Å². The van der Waals surface area contributed by atoms with Crippen LogP contribution < -0.4 is 5.32 Å². The van der Waals surface area contributed by atoms with Gasteiger partial charge in [-0.2, -0.15) is 0 Å². The van der Waals surface area contributed by atoms with Crippen molar-refractivity contribution in [3.8, 4) is 0 Å². The lowest BCUT2D eigenvalue weighted by molar-refractivity contribution is 0.421. The molecule has 1 aromatic rings. The summed E-state index contributed by atoms with van der Waals surface area (Å²) in [4.78, 5) is 0. The third-order valence-corrected chi connectivity index (χ3v) is 3.66. The van der Waals surface area contributed by atoms with Crippen molar-refractivity contribution in [2.24, 2.45) is 5.92 Å². The topological polar surface area (TPSA) is 42.7 Å². The van der Waals surface area contributed by atoms with Gasteiger partial charge in [0, 0.05) is 25.3 Å². The third-order valence-electron chi connectivity index (χ3n) is 3.66. The lowest BCUT2D eigenvalue weighted by atomic mass is 10.1. The number of nitrogens with zero attached hydrogens (tertiary/aromatic N) is 3. The molecule has 2 aliphatic carbocycles. The van der Waals surface area contributed by atoms with Crippen LogP contribution in [0.2, 0.25) is 0 Å². The normalized spacial score (nSPS) is 21.8. The summed E-state index contributed by atoms with van der Waals surface area (Å²) in [5.41, 5.74) is 1.09. The van der Waals surface area contributed by atoms with E-state index < -0.39 is 0 Å². The van der Waals surface area contributed by atoms with Gasteiger partial charge in [0.2, 0.25) is 0 Å². The van der Waals surface area contributed by atoms with Crippen LogP contribution in [0.5, 0.6) is 0 Å². The van der Waals surface area contributed by atoms with Crippen LogP contribution in [0, 0.1) is 5.92 Å². The van der Waals surface area contributed by atoms with Crippen molar-refractivity contribution in [3.63, 3.8) is 0 Å². The van der Waals surface area contributed by atoms with E-state index in [0.717, 1.165) is 30.7 Å². The Kier molecular flexibility index (Phi) is 2.91. The minimum atomic E-state index is 0.750. The molecule has 0 aromatic carbocycles. The van der Waals surface area contributed by atoms with E-state index >= 15 is 0 Å². The molecule has 16 heavy (non-hydrogen) atoms. The Labute approximate surface area is 96.4 Å². The van der Waals surface area contributed by atoms with Gasteiger partial charge in [-0.1, -0.05) is 18.1 Å². The van der Waals surface area contributed by atoms with Gasteiger partial charge in [0.1, 0.15) is 0 Å². The Morgan fingerprint density at radius 3 is 2.81 bits per heavy atom. The molecule has 88 valence electrons. The van der Waals surface area contributed by atoms with Gasteiger partial charge in [0.05, 0.1) is 5.69 Å². The first kappa shape index (κ1) is 10.3. The highest BCUT2D eigenvalue weighted by Gasteiger charge is 2.20. The van der Waals surface area contributed by atoms with Crippen molar-refractivity contribution in [1.82, 2.24) is 20.3 Å². The van der Waals surface area contributed by atoms with Gasteiger partial charge in [-0.25, -0.2) is 0 Å². The zero-order chi connectivity index (χ0) is 10.8. The molecule has 1 N–H and O–H groups in total. The van der Waals surface area contributed by atoms with Crippen LogP contribution in [0.15, 0.2) is 6.20 Å². The van der Waals surface area contributed by atoms with Crippen LogP contribution in [-0.2, 0) is 13.1 Å². The molecule has 2 aliphatic rings. The second-order valence-electron chi connectivity index (χ2n) is 5.24. The lowest BCUT2D eigenvalue weighted by Gasteiger charge is -2.06. The van der Waals surface area contributed by atoms with Crippen LogP contribution in [-0.4, -0.2) is 21.0 Å². The molecule has 1 aromatic heterocycles. The molecule has 0 amide bonds. The van der Waals surface area contributed by atoms with E-state index in [1.165, 1.54) is 38.5 Å². The quantitative estimate of drug-likeness (QED) is 0.821. The van der Waals surface area contributed by atoms with E-state index in [4.69, 9.17) is 0 Å². The predicted octanol–water partition coefficient (Wildman–Crippen LogP) is 1.72. The van der Waals surface area contributed by atoms with Crippen molar-refractivity contribution in [3.05, 3.63) is 11.9 Å². The highest BCUT2D eigenvalue weighted by Crippen LogP contribution is 2.25. The zero-order valence-corrected chi connectivity index (χ0v) is 9.73. The zero-order valence-electron chi connectivity index (χ0n) is 9.73. The maximum Gasteiger partial charge on any atom is 0.0964 e. The molecule has 1 heterocycles. The number of rotatable bonds is 5. The highest BCUT2D eigenvalue weighted by molar-refractivity contribution is 4.94. The van der Waals surface area contributed by atoms with E-state index in [9.17, 15) is 0 Å². The monoisotopic (exact) mass is 220 g/mol. The smallest absolute Gasteiger partial charge is 0.0964 e. The van der Waals surface area contributed by atoms with E-state index in [1.54, 1.807) is 0 Å². The average Bonchev–Trinajstić information content (AvgIpc) is 2.78. The molecule has 3 rings (SSSR count). The molecule has 0 saturated heterocycles. The van der Waals surface area contributed by atoms with Crippen LogP contribution >= 0.6 is 0 Å². The maximum atomic E-state index is 4.21. The second-order valence-corrected chi connectivity index (χ2v) is 5.24. The van der Waals surface area contributed by atoms with Gasteiger partial charge in [-0.15, -0.1) is 5.10 Å². The number of hydrogen-bond donors (Lipinski definition) is 1. The van der Waals surface area contributed by atoms with Crippen molar-refractivity contribution in [2.75, 3.05) is 0 Å². The fourth-order valence-corrected chi connectivity index (χ4v) is 2.50. The Bertz CT molecular complexity index is 337. The molecule has 0 bridgehead atoms. The highest BCUT2D eigenvalue weighted by atomic mass is 15.4. The summed E-state index contributed by atoms with van der Waals surface area (Å²) >= 11 is 0. The largest absolute Gasteiger partial charge is 0.308 e. The molecule has 0 unspecified atom stereocenters. The fourth-order valence-electron chi connectivity index (χ4n) is 2.50. The second kappa shape index (κ2) is 4.53. The van der Waals surface area contributed by atoms with Crippen molar-refractivity contribution >= 4 is 0 Å². The van der Waals surface area contributed by atoms with Crippen molar-refractivity contribution < 1.29 is 0 Å². The van der Waals surface area contributed by atoms with Crippen LogP contribution in [0.4, 0.5) is 0 Å². The Balaban J connectivity index is 1.50. The lowest BCUT2D eigenvalue weighted by Crippen LogP contribution is -2.15. The Morgan fingerprint density at radius 2 is 2.06 bits per heavy atom. The van der Waals surface area contributed by atoms with Gasteiger partial charge in [-0.3, -0.25) is 4.68 Å². The van der Waals surface area contributed by atoms with Gasteiger partial charge in [0.25, 0.3) is 0 Å². The summed E-state index contributed by atoms with van der Waals surface area (Å²) < 4.78 is 2.03. The molecule has 0 spiro atoms. The minimum Gasteiger partial charge on any atom is -0.308 e. The van der Waals surface area contributed by atoms with Crippen LogP contribution in [0.3, 0.4) is 0 Å². The average molecular weight is 220 g/mol. The molecule has 4 nitrogen and oxygen atoms in total. The summed E-state index contributed by atoms with van der Waals surface area (Å²) in [6.07, 6.45) is 10.3. The van der Waals surface area contributed by atoms with Crippen molar-refractivity contribution in [2.45, 2.75) is 57.7 Å². The molecule has 0 atom stereocenters. The molecule has 0 radical (unpaired) electrons.